The van der Waals surface area contributed by atoms with Gasteiger partial charge in [-0.1, -0.05) is 68.5 Å². The van der Waals surface area contributed by atoms with E-state index in [9.17, 15) is 0 Å². The van der Waals surface area contributed by atoms with Gasteiger partial charge in [0, 0.05) is 0 Å². The molecule has 122 valence electrons. The zero-order valence-corrected chi connectivity index (χ0v) is 14.3. The maximum Gasteiger partial charge on any atom is 0.183 e. The molecule has 0 aliphatic heterocycles. The standard InChI is InChI=1S/C17H16.C2H6.CH5N3/c1-2-15-16-9-5-3-7-13(16)11-12-14-8-4-6-10-17(14)15;1-2;2-1(3)4/h2-10H,11-12H2,1H3;1-2H3;(H5,2,3,4). The SMILES string of the molecule is CC.CC=C1c2ccccc2CCc2ccccc21.N=C(N)N. The molecule has 0 unspecified atom stereocenters. The minimum atomic E-state index is -0.333. The number of nitrogens with one attached hydrogen (secondary N) is 1. The smallest absolute Gasteiger partial charge is 0.183 e. The molecular weight excluding hydrogens is 282 g/mol. The van der Waals surface area contributed by atoms with Crippen molar-refractivity contribution in [2.45, 2.75) is 33.6 Å². The van der Waals surface area contributed by atoms with E-state index in [0.29, 0.717) is 0 Å². The first kappa shape index (κ1) is 18.5. The molecule has 0 saturated carbocycles. The molecule has 1 aliphatic rings. The maximum atomic E-state index is 6.06. The van der Waals surface area contributed by atoms with Gasteiger partial charge in [0.1, 0.15) is 0 Å². The van der Waals surface area contributed by atoms with Crippen LogP contribution in [0.2, 0.25) is 0 Å². The number of benzene rings is 2. The molecule has 2 aromatic rings. The van der Waals surface area contributed by atoms with E-state index in [1.54, 1.807) is 0 Å². The van der Waals surface area contributed by atoms with Crippen LogP contribution in [0.15, 0.2) is 54.6 Å². The minimum absolute atomic E-state index is 0.333. The van der Waals surface area contributed by atoms with E-state index in [1.807, 2.05) is 13.8 Å². The van der Waals surface area contributed by atoms with Gasteiger partial charge >= 0.3 is 0 Å². The average Bonchev–Trinajstić information content (AvgIpc) is 2.73. The van der Waals surface area contributed by atoms with Crippen LogP contribution in [0.1, 0.15) is 43.0 Å². The lowest BCUT2D eigenvalue weighted by Gasteiger charge is -2.10. The van der Waals surface area contributed by atoms with Gasteiger partial charge in [-0.2, -0.15) is 0 Å². The van der Waals surface area contributed by atoms with Crippen molar-refractivity contribution in [3.63, 3.8) is 0 Å². The van der Waals surface area contributed by atoms with E-state index < -0.39 is 0 Å². The Labute approximate surface area is 139 Å². The lowest BCUT2D eigenvalue weighted by Crippen LogP contribution is -2.20. The van der Waals surface area contributed by atoms with Crippen LogP contribution >= 0.6 is 0 Å². The highest BCUT2D eigenvalue weighted by Crippen LogP contribution is 2.32. The van der Waals surface area contributed by atoms with Gasteiger partial charge in [-0.05, 0) is 47.6 Å². The lowest BCUT2D eigenvalue weighted by molar-refractivity contribution is 0.965. The number of hydrogen-bond acceptors (Lipinski definition) is 1. The summed E-state index contributed by atoms with van der Waals surface area (Å²) < 4.78 is 0. The summed E-state index contributed by atoms with van der Waals surface area (Å²) in [6.07, 6.45) is 4.53. The fourth-order valence-electron chi connectivity index (χ4n) is 2.73. The van der Waals surface area contributed by atoms with E-state index in [1.165, 1.54) is 27.8 Å². The summed E-state index contributed by atoms with van der Waals surface area (Å²) in [5, 5.41) is 6.06. The van der Waals surface area contributed by atoms with Crippen molar-refractivity contribution in [3.8, 4) is 0 Å². The average molecular weight is 309 g/mol. The monoisotopic (exact) mass is 309 g/mol. The molecule has 3 nitrogen and oxygen atoms in total. The first-order valence-electron chi connectivity index (χ1n) is 8.06. The Morgan fingerprint density at radius 2 is 1.22 bits per heavy atom. The number of allylic oxidation sites excluding steroid dienone is 1. The minimum Gasteiger partial charge on any atom is -0.370 e. The number of nitrogens with two attached hydrogens (primary N) is 2. The molecule has 0 amide bonds. The van der Waals surface area contributed by atoms with E-state index >= 15 is 0 Å². The van der Waals surface area contributed by atoms with E-state index in [4.69, 9.17) is 5.41 Å². The van der Waals surface area contributed by atoms with Crippen LogP contribution in [0.3, 0.4) is 0 Å². The molecule has 0 spiro atoms. The van der Waals surface area contributed by atoms with Crippen molar-refractivity contribution in [2.75, 3.05) is 0 Å². The molecule has 0 bridgehead atoms. The molecule has 0 atom stereocenters. The Balaban J connectivity index is 0.000000388. The summed E-state index contributed by atoms with van der Waals surface area (Å²) in [5.41, 5.74) is 16.1. The predicted octanol–water partition coefficient (Wildman–Crippen LogP) is 4.10. The van der Waals surface area contributed by atoms with E-state index in [0.717, 1.165) is 12.8 Å². The Hall–Kier alpha value is -2.55. The van der Waals surface area contributed by atoms with Crippen LogP contribution in [0, 0.1) is 5.41 Å². The van der Waals surface area contributed by atoms with Crippen LogP contribution in [0.5, 0.6) is 0 Å². The van der Waals surface area contributed by atoms with Crippen molar-refractivity contribution in [1.82, 2.24) is 0 Å². The molecule has 3 rings (SSSR count). The highest BCUT2D eigenvalue weighted by atomic mass is 14.9. The van der Waals surface area contributed by atoms with E-state index in [2.05, 4.69) is 73.0 Å². The fourth-order valence-corrected chi connectivity index (χ4v) is 2.73. The first-order valence-corrected chi connectivity index (χ1v) is 8.06. The van der Waals surface area contributed by atoms with Gasteiger partial charge in [0.25, 0.3) is 0 Å². The molecule has 0 aromatic heterocycles. The molecule has 0 heterocycles. The fraction of sp³-hybridized carbons (Fsp3) is 0.250. The van der Waals surface area contributed by atoms with Crippen molar-refractivity contribution in [2.24, 2.45) is 11.5 Å². The Kier molecular flexibility index (Phi) is 7.61. The van der Waals surface area contributed by atoms with Crippen molar-refractivity contribution >= 4 is 11.5 Å². The van der Waals surface area contributed by atoms with Crippen molar-refractivity contribution in [3.05, 3.63) is 76.9 Å². The third kappa shape index (κ3) is 4.99. The van der Waals surface area contributed by atoms with Gasteiger partial charge < -0.3 is 11.5 Å². The first-order chi connectivity index (χ1) is 11.1. The second-order valence-electron chi connectivity index (χ2n) is 4.97. The predicted molar refractivity (Wildman–Crippen MR) is 100 cm³/mol. The van der Waals surface area contributed by atoms with Gasteiger partial charge in [-0.3, -0.25) is 5.41 Å². The Morgan fingerprint density at radius 3 is 1.57 bits per heavy atom. The summed E-state index contributed by atoms with van der Waals surface area (Å²) >= 11 is 0. The normalized spacial score (nSPS) is 11.3. The molecule has 23 heavy (non-hydrogen) atoms. The summed E-state index contributed by atoms with van der Waals surface area (Å²) in [4.78, 5) is 0. The zero-order valence-electron chi connectivity index (χ0n) is 14.3. The Bertz CT molecular complexity index is 619. The topological polar surface area (TPSA) is 75.9 Å². The van der Waals surface area contributed by atoms with Crippen LogP contribution in [-0.4, -0.2) is 5.96 Å². The molecule has 2 aromatic carbocycles. The quantitative estimate of drug-likeness (QED) is 0.506. The van der Waals surface area contributed by atoms with Gasteiger partial charge in [0.15, 0.2) is 5.96 Å². The van der Waals surface area contributed by atoms with Gasteiger partial charge in [-0.15, -0.1) is 0 Å². The molecule has 5 N–H and O–H groups in total. The molecule has 0 saturated heterocycles. The number of rotatable bonds is 0. The van der Waals surface area contributed by atoms with E-state index in [-0.39, 0.29) is 5.96 Å². The second kappa shape index (κ2) is 9.46. The number of fused-ring (bicyclic) bond motifs is 2. The van der Waals surface area contributed by atoms with Crippen LogP contribution in [0.25, 0.3) is 5.57 Å². The summed E-state index contributed by atoms with van der Waals surface area (Å²) in [7, 11) is 0. The van der Waals surface area contributed by atoms with Crippen molar-refractivity contribution < 1.29 is 0 Å². The largest absolute Gasteiger partial charge is 0.370 e. The van der Waals surface area contributed by atoms with Crippen LogP contribution in [-0.2, 0) is 12.8 Å². The lowest BCUT2D eigenvalue weighted by atomic mass is 9.94. The number of guanidine groups is 1. The van der Waals surface area contributed by atoms with Gasteiger partial charge in [0.05, 0.1) is 0 Å². The number of aryl methyl sites for hydroxylation is 2. The van der Waals surface area contributed by atoms with Crippen molar-refractivity contribution in [1.29, 1.82) is 5.41 Å². The molecule has 1 aliphatic carbocycles. The second-order valence-corrected chi connectivity index (χ2v) is 4.97. The molecular formula is C20H27N3. The third-order valence-corrected chi connectivity index (χ3v) is 3.57. The Morgan fingerprint density at radius 1 is 0.870 bits per heavy atom. The molecule has 0 radical (unpaired) electrons. The molecule has 0 fully saturated rings. The highest BCUT2D eigenvalue weighted by molar-refractivity contribution is 5.83. The summed E-state index contributed by atoms with van der Waals surface area (Å²) in [5.74, 6) is -0.333. The van der Waals surface area contributed by atoms with Gasteiger partial charge in [0.2, 0.25) is 0 Å². The van der Waals surface area contributed by atoms with Crippen LogP contribution in [0.4, 0.5) is 0 Å². The molecule has 3 heteroatoms. The number of hydrogen-bond donors (Lipinski definition) is 3. The summed E-state index contributed by atoms with van der Waals surface area (Å²) in [6.45, 7) is 6.13. The van der Waals surface area contributed by atoms with Crippen LogP contribution < -0.4 is 11.5 Å². The van der Waals surface area contributed by atoms with Gasteiger partial charge in [-0.25, -0.2) is 0 Å². The summed E-state index contributed by atoms with van der Waals surface area (Å²) in [6, 6.07) is 17.5. The maximum absolute atomic E-state index is 6.06. The zero-order chi connectivity index (χ0) is 17.2. The third-order valence-electron chi connectivity index (χ3n) is 3.57. The highest BCUT2D eigenvalue weighted by Gasteiger charge is 2.16.